The van der Waals surface area contributed by atoms with Gasteiger partial charge in [-0.05, 0) is 0 Å². The lowest BCUT2D eigenvalue weighted by molar-refractivity contribution is -0.280. The van der Waals surface area contributed by atoms with E-state index in [9.17, 15) is 49.2 Å². The Kier molecular flexibility index (Phi) is 8.60. The Morgan fingerprint density at radius 2 is 1.67 bits per heavy atom. The minimum absolute atomic E-state index is 0.114. The largest absolute Gasteiger partial charge is 0.483 e. The molecule has 21 nitrogen and oxygen atoms in total. The third-order valence-corrected chi connectivity index (χ3v) is 8.36. The summed E-state index contributed by atoms with van der Waals surface area (Å²) in [7, 11) is -11.1. The third kappa shape index (κ3) is 6.22. The highest BCUT2D eigenvalue weighted by atomic mass is 31.3. The molecule has 4 rings (SSSR count). The Morgan fingerprint density at radius 1 is 1.00 bits per heavy atom. The van der Waals surface area contributed by atoms with Crippen molar-refractivity contribution in [2.24, 2.45) is 0 Å². The molecule has 0 bridgehead atoms. The number of phosphoric ester groups is 2. The van der Waals surface area contributed by atoms with Crippen molar-refractivity contribution in [1.82, 2.24) is 19.5 Å². The lowest BCUT2D eigenvalue weighted by Gasteiger charge is -2.39. The van der Waals surface area contributed by atoms with Gasteiger partial charge in [-0.1, -0.05) is 0 Å². The van der Waals surface area contributed by atoms with Crippen molar-refractivity contribution >= 4 is 32.8 Å². The monoisotopic (exact) mass is 605 g/mol. The first-order chi connectivity index (χ1) is 18.1. The minimum atomic E-state index is -5.60. The number of fused-ring (bicyclic) bond motifs is 1. The van der Waals surface area contributed by atoms with E-state index in [1.165, 1.54) is 0 Å². The number of nitrogens with zero attached hydrogens (tertiary/aromatic N) is 3. The van der Waals surface area contributed by atoms with Crippen molar-refractivity contribution in [3.8, 4) is 0 Å². The van der Waals surface area contributed by atoms with E-state index >= 15 is 0 Å². The highest BCUT2D eigenvalue weighted by molar-refractivity contribution is 7.61. The van der Waals surface area contributed by atoms with Crippen LogP contribution in [0.15, 0.2) is 11.1 Å². The average Bonchev–Trinajstić information content (AvgIpc) is 3.38. The molecule has 11 atom stereocenters. The number of aromatic nitrogens is 4. The number of aliphatic hydroxyl groups excluding tert-OH is 6. The lowest BCUT2D eigenvalue weighted by atomic mass is 10.00. The fourth-order valence-electron chi connectivity index (χ4n) is 3.85. The van der Waals surface area contributed by atoms with Crippen molar-refractivity contribution in [2.75, 3.05) is 18.9 Å². The maximum absolute atomic E-state index is 12.3. The van der Waals surface area contributed by atoms with E-state index in [2.05, 4.69) is 28.3 Å². The number of nitrogens with two attached hydrogens (primary N) is 1. The van der Waals surface area contributed by atoms with Crippen molar-refractivity contribution in [1.29, 1.82) is 0 Å². The van der Waals surface area contributed by atoms with Crippen LogP contribution in [0.25, 0.3) is 11.2 Å². The zero-order valence-electron chi connectivity index (χ0n) is 19.3. The predicted molar refractivity (Wildman–Crippen MR) is 120 cm³/mol. The molecule has 2 saturated heterocycles. The number of hydrogen-bond acceptors (Lipinski definition) is 17. The van der Waals surface area contributed by atoms with Crippen LogP contribution in [0.5, 0.6) is 0 Å². The number of anilines is 1. The zero-order chi connectivity index (χ0) is 28.9. The molecule has 2 aliphatic rings. The molecule has 0 spiro atoms. The summed E-state index contributed by atoms with van der Waals surface area (Å²) in [6, 6.07) is 0. The second-order valence-corrected chi connectivity index (χ2v) is 11.4. The number of hydrogen-bond donors (Lipinski definition) is 10. The van der Waals surface area contributed by atoms with E-state index in [1.807, 2.05) is 0 Å². The number of nitrogens with one attached hydrogen (secondary N) is 1. The maximum Gasteiger partial charge on any atom is 0.483 e. The van der Waals surface area contributed by atoms with Gasteiger partial charge in [0.1, 0.15) is 42.7 Å². The van der Waals surface area contributed by atoms with Gasteiger partial charge in [0, 0.05) is 0 Å². The lowest BCUT2D eigenvalue weighted by Crippen LogP contribution is -2.58. The molecule has 2 aromatic heterocycles. The van der Waals surface area contributed by atoms with Gasteiger partial charge in [0.05, 0.1) is 19.5 Å². The van der Waals surface area contributed by atoms with E-state index in [1.54, 1.807) is 0 Å². The Balaban J connectivity index is 1.39. The molecule has 23 heteroatoms. The summed E-state index contributed by atoms with van der Waals surface area (Å²) < 4.78 is 49.1. The zero-order valence-corrected chi connectivity index (χ0v) is 21.1. The summed E-state index contributed by atoms with van der Waals surface area (Å²) in [5.74, 6) is -0.278. The van der Waals surface area contributed by atoms with Crippen LogP contribution in [-0.2, 0) is 32.0 Å². The fraction of sp³-hybridized carbons (Fsp3) is 0.688. The van der Waals surface area contributed by atoms with Gasteiger partial charge in [-0.3, -0.25) is 23.4 Å². The maximum atomic E-state index is 12.3. The summed E-state index contributed by atoms with van der Waals surface area (Å²) in [5.41, 5.74) is 4.54. The van der Waals surface area contributed by atoms with Gasteiger partial charge >= 0.3 is 15.6 Å². The standard InChI is InChI=1S/C16H25N5O16P2/c17-16-19-12-6(13(28)20-16)18-3-21(12)14-10(26)8(24)5(34-14)2-33-38(29,30)37-39(31,32)36-15-11(27)9(25)7(23)4(1-22)35-15/h3-5,7-11,14-15,22-27H,1-2H2,(H,29,30)(H,31,32)(H3,17,19,20,28)/t4?,5-,7-,8+,9-,10?,11?,14-,15?/m1/s1. The van der Waals surface area contributed by atoms with Crippen LogP contribution < -0.4 is 11.3 Å². The molecule has 2 aliphatic heterocycles. The van der Waals surface area contributed by atoms with Gasteiger partial charge in [-0.15, -0.1) is 0 Å². The van der Waals surface area contributed by atoms with Crippen molar-refractivity contribution in [3.63, 3.8) is 0 Å². The van der Waals surface area contributed by atoms with Crippen LogP contribution in [0.1, 0.15) is 6.23 Å². The minimum Gasteiger partial charge on any atom is -0.394 e. The Labute approximate surface area is 216 Å². The van der Waals surface area contributed by atoms with Gasteiger partial charge in [0.2, 0.25) is 5.95 Å². The van der Waals surface area contributed by atoms with E-state index in [4.69, 9.17) is 20.3 Å². The molecule has 2 aromatic rings. The number of phosphoric acid groups is 2. The van der Waals surface area contributed by atoms with Gasteiger partial charge in [-0.2, -0.15) is 9.29 Å². The molecule has 0 aliphatic carbocycles. The molecule has 0 radical (unpaired) electrons. The molecule has 0 saturated carbocycles. The number of rotatable bonds is 9. The molecule has 0 aromatic carbocycles. The summed E-state index contributed by atoms with van der Waals surface area (Å²) >= 11 is 0. The van der Waals surface area contributed by atoms with Crippen LogP contribution in [0.2, 0.25) is 0 Å². The number of imidazole rings is 1. The van der Waals surface area contributed by atoms with Crippen LogP contribution in [0, 0.1) is 0 Å². The van der Waals surface area contributed by atoms with Gasteiger partial charge < -0.3 is 55.6 Å². The van der Waals surface area contributed by atoms with Crippen molar-refractivity contribution in [2.45, 2.75) is 55.2 Å². The molecule has 6 unspecified atom stereocenters. The molecule has 11 N–H and O–H groups in total. The fourth-order valence-corrected chi connectivity index (χ4v) is 6.01. The van der Waals surface area contributed by atoms with Crippen LogP contribution >= 0.6 is 15.6 Å². The predicted octanol–water partition coefficient (Wildman–Crippen LogP) is -4.63. The molecule has 39 heavy (non-hydrogen) atoms. The summed E-state index contributed by atoms with van der Waals surface area (Å²) in [6.45, 7) is -1.89. The molecular weight excluding hydrogens is 580 g/mol. The first-order valence-corrected chi connectivity index (χ1v) is 13.9. The van der Waals surface area contributed by atoms with E-state index in [0.717, 1.165) is 10.9 Å². The van der Waals surface area contributed by atoms with Gasteiger partial charge in [0.25, 0.3) is 5.56 Å². The Bertz CT molecular complexity index is 1340. The Morgan fingerprint density at radius 3 is 2.33 bits per heavy atom. The van der Waals surface area contributed by atoms with Crippen molar-refractivity contribution in [3.05, 3.63) is 16.7 Å². The summed E-state index contributed by atoms with van der Waals surface area (Å²) in [4.78, 5) is 41.7. The third-order valence-electron chi connectivity index (χ3n) is 5.76. The van der Waals surface area contributed by atoms with Gasteiger partial charge in [-0.25, -0.2) is 14.1 Å². The van der Waals surface area contributed by atoms with E-state index < -0.39 is 89.7 Å². The number of nitrogen functional groups attached to an aromatic ring is 1. The topological polar surface area (TPSA) is 332 Å². The molecule has 4 heterocycles. The quantitative estimate of drug-likeness (QED) is 0.120. The van der Waals surface area contributed by atoms with Crippen LogP contribution in [0.3, 0.4) is 0 Å². The SMILES string of the molecule is Nc1nc2c(ncn2[C@@H]2O[C@H](COP(=O)(O)OP(=O)(O)OC3OC(CO)[C@@H](O)[C@@H](O)C3O)[C@H](O)C2O)c(=O)[nH]1. The second-order valence-electron chi connectivity index (χ2n) is 8.44. The first-order valence-electron chi connectivity index (χ1n) is 10.9. The molecular formula is C16H25N5O16P2. The number of aliphatic hydroxyl groups is 6. The molecule has 2 fully saturated rings. The van der Waals surface area contributed by atoms with Crippen LogP contribution in [0.4, 0.5) is 5.95 Å². The average molecular weight is 605 g/mol. The molecule has 0 amide bonds. The number of ether oxygens (including phenoxy) is 2. The smallest absolute Gasteiger partial charge is 0.394 e. The summed E-state index contributed by atoms with van der Waals surface area (Å²) in [6.07, 6.45) is -15.0. The van der Waals surface area contributed by atoms with Gasteiger partial charge in [0.15, 0.2) is 23.7 Å². The van der Waals surface area contributed by atoms with Crippen LogP contribution in [-0.4, -0.2) is 122 Å². The second kappa shape index (κ2) is 11.2. The van der Waals surface area contributed by atoms with Crippen molar-refractivity contribution < 1.29 is 72.4 Å². The molecule has 220 valence electrons. The highest BCUT2D eigenvalue weighted by Gasteiger charge is 2.49. The first kappa shape index (κ1) is 30.1. The summed E-state index contributed by atoms with van der Waals surface area (Å²) in [5, 5.41) is 59.2. The van der Waals surface area contributed by atoms with E-state index in [0.29, 0.717) is 0 Å². The Hall–Kier alpha value is -1.91. The highest BCUT2D eigenvalue weighted by Crippen LogP contribution is 2.61. The normalized spacial score (nSPS) is 36.6. The van der Waals surface area contributed by atoms with E-state index in [-0.39, 0.29) is 17.1 Å². The number of H-pyrrole nitrogens is 1. The number of aromatic amines is 1.